The van der Waals surface area contributed by atoms with Gasteiger partial charge in [0.15, 0.2) is 0 Å². The predicted molar refractivity (Wildman–Crippen MR) is 47.0 cm³/mol. The lowest BCUT2D eigenvalue weighted by molar-refractivity contribution is -0.117. The molecule has 1 amide bonds. The summed E-state index contributed by atoms with van der Waals surface area (Å²) in [6, 6.07) is 0. The van der Waals surface area contributed by atoms with E-state index in [1.165, 1.54) is 12.2 Å². The number of halogens is 1. The number of rotatable bonds is 4. The van der Waals surface area contributed by atoms with E-state index in [4.69, 9.17) is 5.73 Å². The molecule has 0 saturated carbocycles. The van der Waals surface area contributed by atoms with Gasteiger partial charge in [-0.3, -0.25) is 4.79 Å². The highest BCUT2D eigenvalue weighted by atomic mass is 19.1. The molecular weight excluding hydrogens is 157 g/mol. The van der Waals surface area contributed by atoms with Gasteiger partial charge in [-0.15, -0.1) is 0 Å². The fraction of sp³-hybridized carbons (Fsp3) is 0.222. The molecule has 0 spiro atoms. The Morgan fingerprint density at radius 2 is 2.17 bits per heavy atom. The van der Waals surface area contributed by atoms with Gasteiger partial charge >= 0.3 is 0 Å². The van der Waals surface area contributed by atoms with Crippen LogP contribution in [0.15, 0.2) is 36.2 Å². The van der Waals surface area contributed by atoms with Gasteiger partial charge in [-0.25, -0.2) is 4.39 Å². The summed E-state index contributed by atoms with van der Waals surface area (Å²) in [5.74, 6) is -0.852. The fourth-order valence-corrected chi connectivity index (χ4v) is 0.624. The summed E-state index contributed by atoms with van der Waals surface area (Å²) in [6.07, 6.45) is 3.99. The van der Waals surface area contributed by atoms with Crippen molar-refractivity contribution in [2.24, 2.45) is 5.73 Å². The van der Waals surface area contributed by atoms with Crippen LogP contribution in [0.3, 0.4) is 0 Å². The van der Waals surface area contributed by atoms with E-state index in [-0.39, 0.29) is 6.42 Å². The first kappa shape index (κ1) is 10.6. The molecule has 66 valence electrons. The average molecular weight is 169 g/mol. The Labute approximate surface area is 71.3 Å². The smallest absolute Gasteiger partial charge is 0.221 e. The summed E-state index contributed by atoms with van der Waals surface area (Å²) in [5, 5.41) is 0. The van der Waals surface area contributed by atoms with Crippen molar-refractivity contribution in [2.45, 2.75) is 13.3 Å². The zero-order chi connectivity index (χ0) is 9.56. The maximum absolute atomic E-state index is 12.4. The van der Waals surface area contributed by atoms with Gasteiger partial charge in [-0.05, 0) is 19.1 Å². The lowest BCUT2D eigenvalue weighted by Gasteiger charge is -1.92. The monoisotopic (exact) mass is 169 g/mol. The van der Waals surface area contributed by atoms with E-state index in [2.05, 4.69) is 6.58 Å². The van der Waals surface area contributed by atoms with Crippen LogP contribution in [0.4, 0.5) is 4.39 Å². The molecule has 0 unspecified atom stereocenters. The van der Waals surface area contributed by atoms with Gasteiger partial charge in [0.2, 0.25) is 5.91 Å². The molecule has 0 aromatic carbocycles. The summed E-state index contributed by atoms with van der Waals surface area (Å²) in [4.78, 5) is 10.4. The van der Waals surface area contributed by atoms with Crippen LogP contribution in [0.1, 0.15) is 13.3 Å². The average Bonchev–Trinajstić information content (AvgIpc) is 1.99. The van der Waals surface area contributed by atoms with Gasteiger partial charge in [-0.1, -0.05) is 18.2 Å². The minimum absolute atomic E-state index is 0.154. The van der Waals surface area contributed by atoms with Crippen LogP contribution in [0.2, 0.25) is 0 Å². The molecule has 2 nitrogen and oxygen atoms in total. The Balaban J connectivity index is 4.17. The summed E-state index contributed by atoms with van der Waals surface area (Å²) in [6.45, 7) is 4.94. The number of hydrogen-bond donors (Lipinski definition) is 1. The second-order valence-electron chi connectivity index (χ2n) is 2.41. The SMILES string of the molecule is C=C/C(F)=C\C=C(/C)CC(N)=O. The second-order valence-corrected chi connectivity index (χ2v) is 2.41. The normalized spacial score (nSPS) is 12.8. The maximum atomic E-state index is 12.4. The first-order valence-corrected chi connectivity index (χ1v) is 3.50. The lowest BCUT2D eigenvalue weighted by Crippen LogP contribution is -2.10. The minimum Gasteiger partial charge on any atom is -0.369 e. The van der Waals surface area contributed by atoms with E-state index in [1.807, 2.05) is 0 Å². The van der Waals surface area contributed by atoms with Gasteiger partial charge in [0.1, 0.15) is 5.83 Å². The molecule has 0 aromatic heterocycles. The predicted octanol–water partition coefficient (Wildman–Crippen LogP) is 1.85. The van der Waals surface area contributed by atoms with Crippen molar-refractivity contribution in [2.75, 3.05) is 0 Å². The van der Waals surface area contributed by atoms with E-state index in [0.717, 1.165) is 11.6 Å². The molecule has 0 aromatic rings. The molecule has 0 heterocycles. The quantitative estimate of drug-likeness (QED) is 0.641. The molecule has 0 radical (unpaired) electrons. The molecule has 0 aliphatic carbocycles. The number of nitrogens with two attached hydrogens (primary N) is 1. The zero-order valence-corrected chi connectivity index (χ0v) is 7.01. The molecule has 12 heavy (non-hydrogen) atoms. The van der Waals surface area contributed by atoms with Crippen molar-refractivity contribution in [3.05, 3.63) is 36.2 Å². The van der Waals surface area contributed by atoms with Crippen LogP contribution < -0.4 is 5.73 Å². The molecule has 0 rings (SSSR count). The van der Waals surface area contributed by atoms with Crippen molar-refractivity contribution < 1.29 is 9.18 Å². The van der Waals surface area contributed by atoms with Crippen LogP contribution >= 0.6 is 0 Å². The molecule has 2 N–H and O–H groups in total. The first-order chi connectivity index (χ1) is 5.56. The highest BCUT2D eigenvalue weighted by Gasteiger charge is 1.94. The van der Waals surface area contributed by atoms with Crippen LogP contribution in [0, 0.1) is 0 Å². The van der Waals surface area contributed by atoms with Crippen LogP contribution in [-0.4, -0.2) is 5.91 Å². The lowest BCUT2D eigenvalue weighted by atomic mass is 10.2. The highest BCUT2D eigenvalue weighted by molar-refractivity contribution is 5.76. The first-order valence-electron chi connectivity index (χ1n) is 3.50. The van der Waals surface area contributed by atoms with E-state index in [0.29, 0.717) is 0 Å². The summed E-state index contributed by atoms with van der Waals surface area (Å²) >= 11 is 0. The third-order valence-corrected chi connectivity index (χ3v) is 1.18. The van der Waals surface area contributed by atoms with E-state index < -0.39 is 11.7 Å². The number of hydrogen-bond acceptors (Lipinski definition) is 1. The number of amides is 1. The largest absolute Gasteiger partial charge is 0.369 e. The van der Waals surface area contributed by atoms with Crippen molar-refractivity contribution in [1.29, 1.82) is 0 Å². The molecule has 3 heteroatoms. The zero-order valence-electron chi connectivity index (χ0n) is 7.01. The van der Waals surface area contributed by atoms with Gasteiger partial charge < -0.3 is 5.73 Å². The van der Waals surface area contributed by atoms with Gasteiger partial charge in [0.05, 0.1) is 0 Å². The molecule has 0 fully saturated rings. The van der Waals surface area contributed by atoms with Crippen molar-refractivity contribution in [1.82, 2.24) is 0 Å². The van der Waals surface area contributed by atoms with Gasteiger partial charge in [0, 0.05) is 6.42 Å². The van der Waals surface area contributed by atoms with Crippen molar-refractivity contribution in [3.8, 4) is 0 Å². The number of allylic oxidation sites excluding steroid dienone is 4. The molecule has 0 bridgehead atoms. The highest BCUT2D eigenvalue weighted by Crippen LogP contribution is 2.02. The maximum Gasteiger partial charge on any atom is 0.221 e. The molecular formula is C9H12FNO. The molecule has 0 aliphatic heterocycles. The Hall–Kier alpha value is -1.38. The summed E-state index contributed by atoms with van der Waals surface area (Å²) in [7, 11) is 0. The number of primary amides is 1. The number of carbonyl (C=O) groups is 1. The van der Waals surface area contributed by atoms with Crippen molar-refractivity contribution >= 4 is 5.91 Å². The van der Waals surface area contributed by atoms with E-state index in [1.54, 1.807) is 6.92 Å². The van der Waals surface area contributed by atoms with Gasteiger partial charge in [0.25, 0.3) is 0 Å². The van der Waals surface area contributed by atoms with Crippen LogP contribution in [0.5, 0.6) is 0 Å². The van der Waals surface area contributed by atoms with Gasteiger partial charge in [-0.2, -0.15) is 0 Å². The Morgan fingerprint density at radius 3 is 2.58 bits per heavy atom. The standard InChI is InChI=1S/C9H12FNO/c1-3-8(10)5-4-7(2)6-9(11)12/h3-5H,1,6H2,2H3,(H2,11,12)/b7-4+,8-5+. The third kappa shape index (κ3) is 5.41. The fourth-order valence-electron chi connectivity index (χ4n) is 0.624. The third-order valence-electron chi connectivity index (χ3n) is 1.18. The molecule has 0 aliphatic rings. The Kier molecular flexibility index (Phi) is 4.69. The number of carbonyl (C=O) groups excluding carboxylic acids is 1. The summed E-state index contributed by atoms with van der Waals surface area (Å²) < 4.78 is 12.4. The second kappa shape index (κ2) is 5.29. The molecule has 0 saturated heterocycles. The van der Waals surface area contributed by atoms with Crippen LogP contribution in [0.25, 0.3) is 0 Å². The van der Waals surface area contributed by atoms with Crippen molar-refractivity contribution in [3.63, 3.8) is 0 Å². The van der Waals surface area contributed by atoms with E-state index in [9.17, 15) is 9.18 Å². The Morgan fingerprint density at radius 1 is 1.58 bits per heavy atom. The topological polar surface area (TPSA) is 43.1 Å². The summed E-state index contributed by atoms with van der Waals surface area (Å²) in [5.41, 5.74) is 5.64. The molecule has 0 atom stereocenters. The minimum atomic E-state index is -0.432. The van der Waals surface area contributed by atoms with Crippen LogP contribution in [-0.2, 0) is 4.79 Å². The Bertz CT molecular complexity index is 241. The van der Waals surface area contributed by atoms with E-state index >= 15 is 0 Å².